The van der Waals surface area contributed by atoms with Crippen LogP contribution in [0.4, 0.5) is 0 Å². The van der Waals surface area contributed by atoms with Crippen molar-refractivity contribution in [2.75, 3.05) is 6.54 Å². The van der Waals surface area contributed by atoms with E-state index in [1.807, 2.05) is 30.3 Å². The molecule has 4 heteroatoms. The van der Waals surface area contributed by atoms with Crippen LogP contribution in [0, 0.1) is 5.92 Å². The van der Waals surface area contributed by atoms with E-state index in [0.717, 1.165) is 12.0 Å². The highest BCUT2D eigenvalue weighted by Crippen LogP contribution is 2.21. The molecule has 4 nitrogen and oxygen atoms in total. The monoisotopic (exact) mass is 276 g/mol. The van der Waals surface area contributed by atoms with Crippen molar-refractivity contribution in [3.63, 3.8) is 0 Å². The predicted molar refractivity (Wildman–Crippen MR) is 79.2 cm³/mol. The van der Waals surface area contributed by atoms with Gasteiger partial charge in [0.2, 0.25) is 5.91 Å². The third-order valence-corrected chi connectivity index (χ3v) is 3.65. The summed E-state index contributed by atoms with van der Waals surface area (Å²) in [7, 11) is 0. The highest BCUT2D eigenvalue weighted by Gasteiger charge is 2.29. The molecule has 0 radical (unpaired) electrons. The fourth-order valence-corrected chi connectivity index (χ4v) is 2.62. The number of benzene rings is 1. The first-order valence-corrected chi connectivity index (χ1v) is 7.33. The van der Waals surface area contributed by atoms with Gasteiger partial charge in [0.1, 0.15) is 0 Å². The predicted octanol–water partition coefficient (Wildman–Crippen LogP) is 1.61. The Morgan fingerprint density at radius 1 is 1.40 bits per heavy atom. The number of rotatable bonds is 5. The summed E-state index contributed by atoms with van der Waals surface area (Å²) in [6.45, 7) is 4.80. The van der Waals surface area contributed by atoms with Gasteiger partial charge in [-0.1, -0.05) is 44.2 Å². The quantitative estimate of drug-likeness (QED) is 0.766. The van der Waals surface area contributed by atoms with E-state index in [1.165, 1.54) is 0 Å². The summed E-state index contributed by atoms with van der Waals surface area (Å²) in [5.74, 6) is 0.485. The topological polar surface area (TPSA) is 61.4 Å². The molecule has 3 unspecified atom stereocenters. The summed E-state index contributed by atoms with van der Waals surface area (Å²) in [6.07, 6.45) is 0.992. The van der Waals surface area contributed by atoms with Gasteiger partial charge in [0, 0.05) is 6.54 Å². The Kier molecular flexibility index (Phi) is 5.15. The number of carbonyl (C=O) groups excluding carboxylic acids is 1. The summed E-state index contributed by atoms with van der Waals surface area (Å²) in [5, 5.41) is 15.7. The van der Waals surface area contributed by atoms with Crippen LogP contribution in [-0.4, -0.2) is 29.7 Å². The lowest BCUT2D eigenvalue weighted by Crippen LogP contribution is -2.42. The Balaban J connectivity index is 2.02. The Hall–Kier alpha value is -1.39. The molecule has 2 rings (SSSR count). The molecule has 1 fully saturated rings. The summed E-state index contributed by atoms with van der Waals surface area (Å²) in [4.78, 5) is 12.3. The molecule has 3 atom stereocenters. The van der Waals surface area contributed by atoms with Crippen LogP contribution in [0.1, 0.15) is 38.3 Å². The minimum atomic E-state index is -0.411. The first-order chi connectivity index (χ1) is 9.56. The third-order valence-electron chi connectivity index (χ3n) is 3.65. The van der Waals surface area contributed by atoms with Gasteiger partial charge in [0.25, 0.3) is 0 Å². The molecule has 3 N–H and O–H groups in total. The largest absolute Gasteiger partial charge is 0.392 e. The molecule has 1 aromatic carbocycles. The normalized spacial score (nSPS) is 23.8. The standard InChI is InChI=1S/C16H24N2O2/c1-11(2)8-14(12-6-4-3-5-7-12)18-16(20)15-9-13(19)10-17-15/h3-7,11,13-15,17,19H,8-10H2,1-2H3,(H,18,20). The molecule has 1 aromatic rings. The number of amides is 1. The first kappa shape index (κ1) is 15.0. The van der Waals surface area contributed by atoms with Gasteiger partial charge in [0.05, 0.1) is 18.2 Å². The molecule has 0 saturated carbocycles. The molecule has 0 spiro atoms. The van der Waals surface area contributed by atoms with Crippen molar-refractivity contribution in [2.24, 2.45) is 5.92 Å². The van der Waals surface area contributed by atoms with Gasteiger partial charge < -0.3 is 15.7 Å². The van der Waals surface area contributed by atoms with Crippen LogP contribution in [0.15, 0.2) is 30.3 Å². The second-order valence-electron chi connectivity index (χ2n) is 5.95. The van der Waals surface area contributed by atoms with Gasteiger partial charge in [-0.15, -0.1) is 0 Å². The fraction of sp³-hybridized carbons (Fsp3) is 0.562. The molecule has 1 saturated heterocycles. The average molecular weight is 276 g/mol. The molecule has 0 aliphatic carbocycles. The lowest BCUT2D eigenvalue weighted by molar-refractivity contribution is -0.123. The number of aliphatic hydroxyl groups excluding tert-OH is 1. The fourth-order valence-electron chi connectivity index (χ4n) is 2.62. The zero-order valence-corrected chi connectivity index (χ0v) is 12.2. The molecule has 110 valence electrons. The van der Waals surface area contributed by atoms with Gasteiger partial charge >= 0.3 is 0 Å². The lowest BCUT2D eigenvalue weighted by Gasteiger charge is -2.23. The van der Waals surface area contributed by atoms with Crippen molar-refractivity contribution in [3.8, 4) is 0 Å². The molecular formula is C16H24N2O2. The zero-order valence-electron chi connectivity index (χ0n) is 12.2. The molecule has 20 heavy (non-hydrogen) atoms. The Morgan fingerprint density at radius 3 is 2.65 bits per heavy atom. The molecular weight excluding hydrogens is 252 g/mol. The van der Waals surface area contributed by atoms with Crippen LogP contribution >= 0.6 is 0 Å². The maximum absolute atomic E-state index is 12.3. The minimum absolute atomic E-state index is 0.0175. The molecule has 1 amide bonds. The van der Waals surface area contributed by atoms with E-state index in [0.29, 0.717) is 18.9 Å². The first-order valence-electron chi connectivity index (χ1n) is 7.33. The van der Waals surface area contributed by atoms with Gasteiger partial charge in [-0.2, -0.15) is 0 Å². The molecule has 1 aliphatic rings. The van der Waals surface area contributed by atoms with Crippen LogP contribution in [0.25, 0.3) is 0 Å². The maximum Gasteiger partial charge on any atom is 0.237 e. The lowest BCUT2D eigenvalue weighted by atomic mass is 9.96. The second-order valence-corrected chi connectivity index (χ2v) is 5.95. The number of hydrogen-bond acceptors (Lipinski definition) is 3. The van der Waals surface area contributed by atoms with Gasteiger partial charge in [-0.25, -0.2) is 0 Å². The number of nitrogens with one attached hydrogen (secondary N) is 2. The van der Waals surface area contributed by atoms with E-state index >= 15 is 0 Å². The van der Waals surface area contributed by atoms with Crippen LogP contribution in [0.5, 0.6) is 0 Å². The minimum Gasteiger partial charge on any atom is -0.392 e. The Morgan fingerprint density at radius 2 is 2.10 bits per heavy atom. The Bertz CT molecular complexity index is 433. The van der Waals surface area contributed by atoms with Gasteiger partial charge in [0.15, 0.2) is 0 Å². The van der Waals surface area contributed by atoms with Crippen LogP contribution in [-0.2, 0) is 4.79 Å². The summed E-state index contributed by atoms with van der Waals surface area (Å²) in [6, 6.07) is 9.81. The van der Waals surface area contributed by atoms with Crippen molar-refractivity contribution in [3.05, 3.63) is 35.9 Å². The van der Waals surface area contributed by atoms with Crippen molar-refractivity contribution < 1.29 is 9.90 Å². The SMILES string of the molecule is CC(C)CC(NC(=O)C1CC(O)CN1)c1ccccc1. The third kappa shape index (κ3) is 4.05. The number of hydrogen-bond donors (Lipinski definition) is 3. The van der Waals surface area contributed by atoms with Crippen molar-refractivity contribution in [1.29, 1.82) is 0 Å². The van der Waals surface area contributed by atoms with E-state index in [4.69, 9.17) is 0 Å². The van der Waals surface area contributed by atoms with Gasteiger partial charge in [-0.05, 0) is 24.3 Å². The summed E-state index contributed by atoms with van der Waals surface area (Å²) >= 11 is 0. The van der Waals surface area contributed by atoms with Crippen molar-refractivity contribution >= 4 is 5.91 Å². The van der Waals surface area contributed by atoms with E-state index in [1.54, 1.807) is 0 Å². The number of β-amino-alcohol motifs (C(OH)–C–C–N with tert-alkyl or cyclic N) is 1. The maximum atomic E-state index is 12.3. The van der Waals surface area contributed by atoms with E-state index in [9.17, 15) is 9.90 Å². The number of carbonyl (C=O) groups is 1. The highest BCUT2D eigenvalue weighted by atomic mass is 16.3. The van der Waals surface area contributed by atoms with Crippen LogP contribution in [0.2, 0.25) is 0 Å². The van der Waals surface area contributed by atoms with E-state index in [-0.39, 0.29) is 18.0 Å². The summed E-state index contributed by atoms with van der Waals surface area (Å²) in [5.41, 5.74) is 1.13. The zero-order chi connectivity index (χ0) is 14.5. The number of aliphatic hydroxyl groups is 1. The van der Waals surface area contributed by atoms with E-state index < -0.39 is 6.10 Å². The Labute approximate surface area is 120 Å². The second kappa shape index (κ2) is 6.86. The summed E-state index contributed by atoms with van der Waals surface area (Å²) < 4.78 is 0. The molecule has 1 aliphatic heterocycles. The van der Waals surface area contributed by atoms with Gasteiger partial charge in [-0.3, -0.25) is 4.79 Å². The van der Waals surface area contributed by atoms with Crippen LogP contribution in [0.3, 0.4) is 0 Å². The van der Waals surface area contributed by atoms with Crippen molar-refractivity contribution in [2.45, 2.75) is 44.9 Å². The molecule has 0 bridgehead atoms. The van der Waals surface area contributed by atoms with Crippen molar-refractivity contribution in [1.82, 2.24) is 10.6 Å². The highest BCUT2D eigenvalue weighted by molar-refractivity contribution is 5.82. The van der Waals surface area contributed by atoms with E-state index in [2.05, 4.69) is 24.5 Å². The molecule has 0 aromatic heterocycles. The smallest absolute Gasteiger partial charge is 0.237 e. The average Bonchev–Trinajstić information content (AvgIpc) is 2.85. The van der Waals surface area contributed by atoms with Crippen LogP contribution < -0.4 is 10.6 Å². The molecule has 1 heterocycles.